The number of hydrogen-bond acceptors (Lipinski definition) is 5. The van der Waals surface area contributed by atoms with Gasteiger partial charge >= 0.3 is 12.1 Å². The van der Waals surface area contributed by atoms with E-state index >= 15 is 0 Å². The van der Waals surface area contributed by atoms with Gasteiger partial charge < -0.3 is 10.1 Å². The Morgan fingerprint density at radius 3 is 2.29 bits per heavy atom. The fourth-order valence-electron chi connectivity index (χ4n) is 3.04. The predicted molar refractivity (Wildman–Crippen MR) is 122 cm³/mol. The number of amides is 1. The third-order valence-corrected chi connectivity index (χ3v) is 6.41. The standard InChI is InChI=1S/C23H18ClF3N2O5S/c1-28-35(32,33)17-9-5-8-15(12-17)22(31)34-20(14-6-3-2-4-7-14)21(30)29-19-11-10-16(24)13-18(19)23(25,26)27/h2-13,20,28H,1H3,(H,29,30). The highest BCUT2D eigenvalue weighted by molar-refractivity contribution is 7.89. The lowest BCUT2D eigenvalue weighted by Crippen LogP contribution is -2.27. The van der Waals surface area contributed by atoms with Crippen molar-refractivity contribution >= 4 is 39.2 Å². The second-order valence-electron chi connectivity index (χ2n) is 7.11. The minimum absolute atomic E-state index is 0.180. The number of carbonyl (C=O) groups is 2. The van der Waals surface area contributed by atoms with Crippen LogP contribution in [0.1, 0.15) is 27.6 Å². The molecule has 2 N–H and O–H groups in total. The van der Waals surface area contributed by atoms with Gasteiger partial charge in [0, 0.05) is 10.6 Å². The summed E-state index contributed by atoms with van der Waals surface area (Å²) in [6.45, 7) is 0. The quantitative estimate of drug-likeness (QED) is 0.430. The average Bonchev–Trinajstić information content (AvgIpc) is 2.83. The Labute approximate surface area is 203 Å². The van der Waals surface area contributed by atoms with Gasteiger partial charge in [-0.15, -0.1) is 0 Å². The number of rotatable bonds is 7. The molecular weight excluding hydrogens is 509 g/mol. The van der Waals surface area contributed by atoms with Crippen molar-refractivity contribution in [3.05, 3.63) is 94.5 Å². The summed E-state index contributed by atoms with van der Waals surface area (Å²) >= 11 is 5.68. The van der Waals surface area contributed by atoms with Crippen molar-refractivity contribution in [1.29, 1.82) is 0 Å². The van der Waals surface area contributed by atoms with Crippen LogP contribution < -0.4 is 10.0 Å². The molecule has 12 heteroatoms. The number of esters is 1. The summed E-state index contributed by atoms with van der Waals surface area (Å²) in [6, 6.07) is 15.3. The zero-order chi connectivity index (χ0) is 25.8. The first-order valence-electron chi connectivity index (χ1n) is 9.89. The Bertz CT molecular complexity index is 1350. The number of sulfonamides is 1. The third kappa shape index (κ3) is 6.38. The Balaban J connectivity index is 1.94. The molecule has 3 aromatic carbocycles. The van der Waals surface area contributed by atoms with Crippen LogP contribution in [-0.4, -0.2) is 27.3 Å². The second-order valence-corrected chi connectivity index (χ2v) is 9.43. The van der Waals surface area contributed by atoms with E-state index in [1.54, 1.807) is 18.2 Å². The minimum atomic E-state index is -4.81. The van der Waals surface area contributed by atoms with E-state index < -0.39 is 45.4 Å². The fraction of sp³-hybridized carbons (Fsp3) is 0.130. The molecule has 0 aromatic heterocycles. The topological polar surface area (TPSA) is 102 Å². The summed E-state index contributed by atoms with van der Waals surface area (Å²) < 4.78 is 71.9. The molecule has 0 bridgehead atoms. The summed E-state index contributed by atoms with van der Waals surface area (Å²) in [7, 11) is -2.67. The van der Waals surface area contributed by atoms with Gasteiger partial charge in [0.2, 0.25) is 16.1 Å². The maximum absolute atomic E-state index is 13.4. The lowest BCUT2D eigenvalue weighted by molar-refractivity contribution is -0.137. The molecule has 0 fully saturated rings. The monoisotopic (exact) mass is 526 g/mol. The van der Waals surface area contributed by atoms with Crippen LogP contribution in [0.4, 0.5) is 18.9 Å². The Kier molecular flexibility index (Phi) is 7.83. The van der Waals surface area contributed by atoms with Gasteiger partial charge in [-0.2, -0.15) is 13.2 Å². The van der Waals surface area contributed by atoms with E-state index in [2.05, 4.69) is 10.0 Å². The summed E-state index contributed by atoms with van der Waals surface area (Å²) in [4.78, 5) is 25.6. The van der Waals surface area contributed by atoms with Gasteiger partial charge in [0.15, 0.2) is 0 Å². The van der Waals surface area contributed by atoms with Crippen LogP contribution in [0.25, 0.3) is 0 Å². The van der Waals surface area contributed by atoms with Crippen molar-refractivity contribution in [3.8, 4) is 0 Å². The number of nitrogens with one attached hydrogen (secondary N) is 2. The molecule has 0 aliphatic heterocycles. The molecule has 1 amide bonds. The number of ether oxygens (including phenoxy) is 1. The van der Waals surface area contributed by atoms with E-state index in [1.165, 1.54) is 43.4 Å². The SMILES string of the molecule is CNS(=O)(=O)c1cccc(C(=O)OC(C(=O)Nc2ccc(Cl)cc2C(F)(F)F)c2ccccc2)c1. The van der Waals surface area contributed by atoms with Gasteiger partial charge in [0.05, 0.1) is 21.7 Å². The van der Waals surface area contributed by atoms with Gasteiger partial charge in [-0.25, -0.2) is 17.9 Å². The summed E-state index contributed by atoms with van der Waals surface area (Å²) in [5, 5.41) is 1.96. The molecule has 0 aliphatic rings. The third-order valence-electron chi connectivity index (χ3n) is 4.76. The highest BCUT2D eigenvalue weighted by Gasteiger charge is 2.35. The lowest BCUT2D eigenvalue weighted by Gasteiger charge is -2.20. The van der Waals surface area contributed by atoms with Gasteiger partial charge in [-0.05, 0) is 43.4 Å². The largest absolute Gasteiger partial charge is 0.444 e. The van der Waals surface area contributed by atoms with Crippen molar-refractivity contribution in [2.24, 2.45) is 0 Å². The van der Waals surface area contributed by atoms with Gasteiger partial charge in [0.1, 0.15) is 0 Å². The molecule has 1 unspecified atom stereocenters. The zero-order valence-electron chi connectivity index (χ0n) is 18.0. The van der Waals surface area contributed by atoms with Crippen LogP contribution in [0.3, 0.4) is 0 Å². The Morgan fingerprint density at radius 2 is 1.66 bits per heavy atom. The van der Waals surface area contributed by atoms with E-state index in [4.69, 9.17) is 16.3 Å². The molecule has 0 spiro atoms. The maximum Gasteiger partial charge on any atom is 0.418 e. The highest BCUT2D eigenvalue weighted by atomic mass is 35.5. The van der Waals surface area contributed by atoms with Gasteiger partial charge in [0.25, 0.3) is 5.91 Å². The van der Waals surface area contributed by atoms with Crippen molar-refractivity contribution in [3.63, 3.8) is 0 Å². The van der Waals surface area contributed by atoms with Crippen LogP contribution in [0.15, 0.2) is 77.7 Å². The molecule has 0 aliphatic carbocycles. The number of carbonyl (C=O) groups excluding carboxylic acids is 2. The van der Waals surface area contributed by atoms with Crippen LogP contribution >= 0.6 is 11.6 Å². The van der Waals surface area contributed by atoms with E-state index in [9.17, 15) is 31.2 Å². The first-order valence-corrected chi connectivity index (χ1v) is 11.8. The van der Waals surface area contributed by atoms with Crippen molar-refractivity contribution in [2.45, 2.75) is 17.2 Å². The normalized spacial score (nSPS) is 12.6. The van der Waals surface area contributed by atoms with Crippen molar-refractivity contribution in [2.75, 3.05) is 12.4 Å². The lowest BCUT2D eigenvalue weighted by atomic mass is 10.1. The van der Waals surface area contributed by atoms with Gasteiger partial charge in [-0.1, -0.05) is 48.0 Å². The minimum Gasteiger partial charge on any atom is -0.444 e. The zero-order valence-corrected chi connectivity index (χ0v) is 19.5. The van der Waals surface area contributed by atoms with Gasteiger partial charge in [-0.3, -0.25) is 4.79 Å². The number of anilines is 1. The Hall–Kier alpha value is -3.41. The van der Waals surface area contributed by atoms with E-state index in [1.807, 2.05) is 0 Å². The molecule has 1 atom stereocenters. The first-order chi connectivity index (χ1) is 16.4. The predicted octanol–water partition coefficient (Wildman–Crippen LogP) is 4.80. The summed E-state index contributed by atoms with van der Waals surface area (Å²) in [5.74, 6) is -2.12. The Morgan fingerprint density at radius 1 is 0.971 bits per heavy atom. The van der Waals surface area contributed by atoms with E-state index in [0.717, 1.165) is 12.1 Å². The molecule has 3 aromatic rings. The maximum atomic E-state index is 13.4. The molecule has 0 saturated carbocycles. The molecule has 184 valence electrons. The van der Waals surface area contributed by atoms with E-state index in [0.29, 0.717) is 6.07 Å². The summed E-state index contributed by atoms with van der Waals surface area (Å²) in [6.07, 6.45) is -6.46. The number of benzene rings is 3. The molecule has 0 saturated heterocycles. The molecule has 0 radical (unpaired) electrons. The molecule has 3 rings (SSSR count). The molecule has 7 nitrogen and oxygen atoms in total. The molecule has 35 heavy (non-hydrogen) atoms. The first kappa shape index (κ1) is 26.2. The average molecular weight is 527 g/mol. The smallest absolute Gasteiger partial charge is 0.418 e. The highest BCUT2D eigenvalue weighted by Crippen LogP contribution is 2.37. The van der Waals surface area contributed by atoms with Crippen LogP contribution in [-0.2, 0) is 25.7 Å². The van der Waals surface area contributed by atoms with Crippen molar-refractivity contribution in [1.82, 2.24) is 4.72 Å². The van der Waals surface area contributed by atoms with Crippen LogP contribution in [0.5, 0.6) is 0 Å². The van der Waals surface area contributed by atoms with Crippen LogP contribution in [0.2, 0.25) is 5.02 Å². The van der Waals surface area contributed by atoms with Crippen molar-refractivity contribution < 1.29 is 35.9 Å². The second kappa shape index (κ2) is 10.5. The fourth-order valence-corrected chi connectivity index (χ4v) is 3.99. The number of alkyl halides is 3. The van der Waals surface area contributed by atoms with Crippen LogP contribution in [0, 0.1) is 0 Å². The number of halogens is 4. The molecule has 0 heterocycles. The number of hydrogen-bond donors (Lipinski definition) is 2. The van der Waals surface area contributed by atoms with E-state index in [-0.39, 0.29) is 21.0 Å². The summed E-state index contributed by atoms with van der Waals surface area (Å²) in [5.41, 5.74) is -1.76. The molecular formula is C23H18ClF3N2O5S.